The fourth-order valence-electron chi connectivity index (χ4n) is 2.25. The lowest BCUT2D eigenvalue weighted by Gasteiger charge is -2.26. The van der Waals surface area contributed by atoms with Crippen LogP contribution in [0.2, 0.25) is 0 Å². The first-order valence-electron chi connectivity index (χ1n) is 7.40. The molecule has 0 aromatic heterocycles. The molecular weight excluding hydrogens is 302 g/mol. The van der Waals surface area contributed by atoms with Crippen LogP contribution in [0.15, 0.2) is 29.3 Å². The lowest BCUT2D eigenvalue weighted by Crippen LogP contribution is -2.37. The van der Waals surface area contributed by atoms with Gasteiger partial charge in [0.2, 0.25) is 0 Å². The molecular formula is C15H23N3O3S. The number of fused-ring (bicyclic) bond motifs is 1. The van der Waals surface area contributed by atoms with E-state index in [2.05, 4.69) is 10.3 Å². The number of hydrogen-bond acceptors (Lipinski definition) is 4. The molecule has 0 fully saturated rings. The first-order chi connectivity index (χ1) is 10.4. The van der Waals surface area contributed by atoms with Crippen LogP contribution in [0.4, 0.5) is 0 Å². The van der Waals surface area contributed by atoms with E-state index in [0.717, 1.165) is 17.7 Å². The lowest BCUT2D eigenvalue weighted by atomic mass is 10.0. The van der Waals surface area contributed by atoms with E-state index in [4.69, 9.17) is 10.5 Å². The topological polar surface area (TPSA) is 93.8 Å². The van der Waals surface area contributed by atoms with Gasteiger partial charge >= 0.3 is 0 Å². The summed E-state index contributed by atoms with van der Waals surface area (Å²) in [6, 6.07) is 7.82. The van der Waals surface area contributed by atoms with E-state index >= 15 is 0 Å². The van der Waals surface area contributed by atoms with Gasteiger partial charge in [-0.1, -0.05) is 18.2 Å². The second-order valence-corrected chi connectivity index (χ2v) is 8.23. The number of ether oxygens (including phenoxy) is 1. The Hall–Kier alpha value is -1.76. The Labute approximate surface area is 131 Å². The minimum atomic E-state index is -3.09. The van der Waals surface area contributed by atoms with E-state index < -0.39 is 9.84 Å². The van der Waals surface area contributed by atoms with Gasteiger partial charge in [0.1, 0.15) is 5.75 Å². The van der Waals surface area contributed by atoms with Crippen LogP contribution in [0.25, 0.3) is 0 Å². The van der Waals surface area contributed by atoms with Crippen LogP contribution in [-0.2, 0) is 9.84 Å². The number of guanidine groups is 1. The molecule has 0 radical (unpaired) electrons. The zero-order valence-corrected chi connectivity index (χ0v) is 13.8. The van der Waals surface area contributed by atoms with Crippen LogP contribution in [0, 0.1) is 0 Å². The summed E-state index contributed by atoms with van der Waals surface area (Å²) >= 11 is 0. The van der Waals surface area contributed by atoms with Crippen molar-refractivity contribution in [3.05, 3.63) is 29.8 Å². The van der Waals surface area contributed by atoms with Gasteiger partial charge in [-0.05, 0) is 19.9 Å². The largest absolute Gasteiger partial charge is 0.493 e. The summed E-state index contributed by atoms with van der Waals surface area (Å²) in [5, 5.41) is 2.75. The molecule has 0 spiro atoms. The minimum absolute atomic E-state index is 0.0113. The molecule has 6 nitrogen and oxygen atoms in total. The Bertz CT molecular complexity index is 641. The monoisotopic (exact) mass is 325 g/mol. The van der Waals surface area contributed by atoms with Crippen LogP contribution in [0.5, 0.6) is 5.75 Å². The van der Waals surface area contributed by atoms with Gasteiger partial charge in [0.15, 0.2) is 15.8 Å². The number of hydrogen-bond donors (Lipinski definition) is 2. The van der Waals surface area contributed by atoms with Gasteiger partial charge in [-0.3, -0.25) is 4.99 Å². The van der Waals surface area contributed by atoms with Crippen molar-refractivity contribution in [2.75, 3.05) is 18.9 Å². The summed E-state index contributed by atoms with van der Waals surface area (Å²) in [6.07, 6.45) is 0.789. The second-order valence-electron chi connectivity index (χ2n) is 5.55. The highest BCUT2D eigenvalue weighted by Gasteiger charge is 2.21. The van der Waals surface area contributed by atoms with Crippen molar-refractivity contribution < 1.29 is 13.2 Å². The van der Waals surface area contributed by atoms with Gasteiger partial charge in [-0.15, -0.1) is 0 Å². The summed E-state index contributed by atoms with van der Waals surface area (Å²) in [6.45, 7) is 4.12. The maximum Gasteiger partial charge on any atom is 0.189 e. The SMILES string of the molecule is CC(C)S(=O)(=O)CCN=C(N)NC1CCOc2ccccc21. The van der Waals surface area contributed by atoms with E-state index in [1.165, 1.54) is 0 Å². The van der Waals surface area contributed by atoms with E-state index in [9.17, 15) is 8.42 Å². The third-order valence-corrected chi connectivity index (χ3v) is 5.84. The molecule has 0 bridgehead atoms. The molecule has 3 N–H and O–H groups in total. The molecule has 1 aliphatic rings. The zero-order valence-electron chi connectivity index (χ0n) is 13.0. The van der Waals surface area contributed by atoms with Crippen molar-refractivity contribution in [3.63, 3.8) is 0 Å². The van der Waals surface area contributed by atoms with Crippen molar-refractivity contribution in [1.29, 1.82) is 0 Å². The molecule has 1 aromatic rings. The highest BCUT2D eigenvalue weighted by Crippen LogP contribution is 2.31. The van der Waals surface area contributed by atoms with Crippen LogP contribution in [0.1, 0.15) is 31.9 Å². The predicted molar refractivity (Wildman–Crippen MR) is 87.8 cm³/mol. The molecule has 0 saturated heterocycles. The molecule has 1 aromatic carbocycles. The Morgan fingerprint density at radius 2 is 2.18 bits per heavy atom. The number of nitrogens with zero attached hydrogens (tertiary/aromatic N) is 1. The highest BCUT2D eigenvalue weighted by molar-refractivity contribution is 7.92. The fraction of sp³-hybridized carbons (Fsp3) is 0.533. The van der Waals surface area contributed by atoms with Gasteiger partial charge in [-0.2, -0.15) is 0 Å². The Morgan fingerprint density at radius 3 is 2.91 bits per heavy atom. The van der Waals surface area contributed by atoms with E-state index in [1.54, 1.807) is 13.8 Å². The van der Waals surface area contributed by atoms with Crippen LogP contribution in [0.3, 0.4) is 0 Å². The van der Waals surface area contributed by atoms with E-state index in [0.29, 0.717) is 6.61 Å². The van der Waals surface area contributed by atoms with Gasteiger partial charge < -0.3 is 15.8 Å². The Kier molecular flexibility index (Phi) is 5.28. The third kappa shape index (κ3) is 4.13. The summed E-state index contributed by atoms with van der Waals surface area (Å²) in [4.78, 5) is 4.12. The van der Waals surface area contributed by atoms with Crippen molar-refractivity contribution in [1.82, 2.24) is 5.32 Å². The molecule has 1 unspecified atom stereocenters. The number of nitrogens with two attached hydrogens (primary N) is 1. The number of aliphatic imine (C=N–C) groups is 1. The molecule has 0 amide bonds. The molecule has 7 heteroatoms. The summed E-state index contributed by atoms with van der Waals surface area (Å²) in [7, 11) is -3.09. The maximum atomic E-state index is 11.7. The number of sulfone groups is 1. The molecule has 1 heterocycles. The van der Waals surface area contributed by atoms with Gasteiger partial charge in [0, 0.05) is 12.0 Å². The lowest BCUT2D eigenvalue weighted by molar-refractivity contribution is 0.262. The highest BCUT2D eigenvalue weighted by atomic mass is 32.2. The van der Waals surface area contributed by atoms with E-state index in [1.807, 2.05) is 24.3 Å². The summed E-state index contributed by atoms with van der Waals surface area (Å²) in [5.74, 6) is 1.12. The minimum Gasteiger partial charge on any atom is -0.493 e. The Balaban J connectivity index is 1.95. The van der Waals surface area contributed by atoms with Crippen molar-refractivity contribution in [3.8, 4) is 5.75 Å². The molecule has 0 aliphatic carbocycles. The summed E-state index contributed by atoms with van der Waals surface area (Å²) in [5.41, 5.74) is 6.91. The van der Waals surface area contributed by atoms with E-state index in [-0.39, 0.29) is 29.5 Å². The fourth-order valence-corrected chi connectivity index (χ4v) is 3.06. The van der Waals surface area contributed by atoms with Crippen molar-refractivity contribution in [2.45, 2.75) is 31.6 Å². The normalized spacial score (nSPS) is 18.7. The maximum absolute atomic E-state index is 11.7. The molecule has 1 atom stereocenters. The average Bonchev–Trinajstić information content (AvgIpc) is 2.47. The summed E-state index contributed by atoms with van der Waals surface area (Å²) < 4.78 is 29.0. The van der Waals surface area contributed by atoms with Crippen LogP contribution < -0.4 is 15.8 Å². The van der Waals surface area contributed by atoms with Crippen LogP contribution in [-0.4, -0.2) is 38.5 Å². The predicted octanol–water partition coefficient (Wildman–Crippen LogP) is 1.24. The first-order valence-corrected chi connectivity index (χ1v) is 9.11. The van der Waals surface area contributed by atoms with Crippen LogP contribution >= 0.6 is 0 Å². The first kappa shape index (κ1) is 16.6. The van der Waals surface area contributed by atoms with Gasteiger partial charge in [-0.25, -0.2) is 8.42 Å². The van der Waals surface area contributed by atoms with Crippen molar-refractivity contribution in [2.24, 2.45) is 10.7 Å². The van der Waals surface area contributed by atoms with Crippen molar-refractivity contribution >= 4 is 15.8 Å². The third-order valence-electron chi connectivity index (χ3n) is 3.66. The number of rotatable bonds is 5. The number of benzene rings is 1. The standard InChI is InChI=1S/C15H23N3O3S/c1-11(2)22(19,20)10-8-17-15(16)18-13-7-9-21-14-6-4-3-5-12(13)14/h3-6,11,13H,7-10H2,1-2H3,(H3,16,17,18). The molecule has 1 aliphatic heterocycles. The molecule has 2 rings (SSSR count). The van der Waals surface area contributed by atoms with Gasteiger partial charge in [0.25, 0.3) is 0 Å². The number of nitrogens with one attached hydrogen (secondary N) is 1. The smallest absolute Gasteiger partial charge is 0.189 e. The second kappa shape index (κ2) is 7.00. The van der Waals surface area contributed by atoms with Gasteiger partial charge in [0.05, 0.1) is 30.2 Å². The Morgan fingerprint density at radius 1 is 1.45 bits per heavy atom. The number of para-hydroxylation sites is 1. The molecule has 22 heavy (non-hydrogen) atoms. The quantitative estimate of drug-likeness (QED) is 0.627. The molecule has 0 saturated carbocycles. The molecule has 122 valence electrons. The zero-order chi connectivity index (χ0) is 16.2. The average molecular weight is 325 g/mol.